The average Bonchev–Trinajstić information content (AvgIpc) is 3.19. The van der Waals surface area contributed by atoms with Crippen LogP contribution in [0.3, 0.4) is 0 Å². The van der Waals surface area contributed by atoms with Crippen molar-refractivity contribution in [3.8, 4) is 0 Å². The van der Waals surface area contributed by atoms with E-state index >= 15 is 0 Å². The van der Waals surface area contributed by atoms with Crippen LogP contribution in [0.15, 0.2) is 79.1 Å². The second-order valence-electron chi connectivity index (χ2n) is 5.82. The van der Waals surface area contributed by atoms with E-state index in [9.17, 15) is 9.90 Å². The first-order valence-corrected chi connectivity index (χ1v) is 8.30. The molecule has 2 aromatic carbocycles. The number of aromatic nitrogens is 2. The van der Waals surface area contributed by atoms with E-state index in [4.69, 9.17) is 0 Å². The Morgan fingerprint density at radius 2 is 1.60 bits per heavy atom. The van der Waals surface area contributed by atoms with Crippen LogP contribution in [0.4, 0.5) is 0 Å². The normalized spacial score (nSPS) is 11.2. The van der Waals surface area contributed by atoms with Gasteiger partial charge in [0.1, 0.15) is 0 Å². The average molecular weight is 335 g/mol. The third-order valence-electron chi connectivity index (χ3n) is 4.12. The number of amides is 1. The lowest BCUT2D eigenvalue weighted by Crippen LogP contribution is -2.45. The summed E-state index contributed by atoms with van der Waals surface area (Å²) in [4.78, 5) is 12.8. The van der Waals surface area contributed by atoms with E-state index in [1.165, 1.54) is 0 Å². The molecule has 0 fully saturated rings. The number of aryl methyl sites for hydroxylation is 1. The minimum Gasteiger partial charge on any atom is -0.372 e. The molecule has 5 heteroatoms. The summed E-state index contributed by atoms with van der Waals surface area (Å²) in [7, 11) is 0. The van der Waals surface area contributed by atoms with Crippen LogP contribution in [0, 0.1) is 0 Å². The Hall–Kier alpha value is -2.92. The van der Waals surface area contributed by atoms with E-state index in [-0.39, 0.29) is 0 Å². The molecule has 128 valence electrons. The summed E-state index contributed by atoms with van der Waals surface area (Å²) in [5, 5.41) is 18.3. The number of benzene rings is 2. The van der Waals surface area contributed by atoms with Gasteiger partial charge in [-0.05, 0) is 23.6 Å². The zero-order valence-corrected chi connectivity index (χ0v) is 13.9. The summed E-state index contributed by atoms with van der Waals surface area (Å²) >= 11 is 0. The summed E-state index contributed by atoms with van der Waals surface area (Å²) in [6.45, 7) is 1.17. The number of rotatable bonds is 7. The Labute approximate surface area is 146 Å². The highest BCUT2D eigenvalue weighted by atomic mass is 16.3. The Kier molecular flexibility index (Phi) is 5.26. The number of nitrogens with zero attached hydrogens (tertiary/aromatic N) is 2. The molecule has 3 aromatic rings. The second-order valence-corrected chi connectivity index (χ2v) is 5.82. The van der Waals surface area contributed by atoms with Crippen molar-refractivity contribution in [2.24, 2.45) is 0 Å². The predicted octanol–water partition coefficient (Wildman–Crippen LogP) is 2.33. The van der Waals surface area contributed by atoms with Crippen LogP contribution in [-0.2, 0) is 16.9 Å². The SMILES string of the molecule is O=C(NCCCn1cccn1)C(O)(c1ccccc1)c1ccccc1. The molecule has 3 rings (SSSR count). The van der Waals surface area contributed by atoms with Crippen LogP contribution in [0.5, 0.6) is 0 Å². The Balaban J connectivity index is 1.74. The molecule has 1 aromatic heterocycles. The minimum atomic E-state index is -1.71. The van der Waals surface area contributed by atoms with Gasteiger partial charge in [0.2, 0.25) is 0 Å². The minimum absolute atomic E-state index is 0.426. The number of hydrogen-bond donors (Lipinski definition) is 2. The van der Waals surface area contributed by atoms with Gasteiger partial charge in [-0.1, -0.05) is 60.7 Å². The molecule has 0 saturated heterocycles. The lowest BCUT2D eigenvalue weighted by molar-refractivity contribution is -0.136. The maximum absolute atomic E-state index is 12.8. The van der Waals surface area contributed by atoms with E-state index in [2.05, 4.69) is 10.4 Å². The van der Waals surface area contributed by atoms with Crippen molar-refractivity contribution in [2.75, 3.05) is 6.54 Å². The van der Waals surface area contributed by atoms with Crippen LogP contribution in [0.1, 0.15) is 17.5 Å². The van der Waals surface area contributed by atoms with Crippen molar-refractivity contribution >= 4 is 5.91 Å². The third-order valence-corrected chi connectivity index (χ3v) is 4.12. The maximum atomic E-state index is 12.8. The molecule has 0 saturated carbocycles. The van der Waals surface area contributed by atoms with Gasteiger partial charge in [0.25, 0.3) is 5.91 Å². The molecule has 1 amide bonds. The molecule has 5 nitrogen and oxygen atoms in total. The molecule has 0 atom stereocenters. The van der Waals surface area contributed by atoms with Crippen molar-refractivity contribution in [1.82, 2.24) is 15.1 Å². The summed E-state index contributed by atoms with van der Waals surface area (Å²) in [6, 6.07) is 19.9. The molecule has 0 aliphatic carbocycles. The first-order chi connectivity index (χ1) is 12.2. The van der Waals surface area contributed by atoms with Gasteiger partial charge in [-0.25, -0.2) is 0 Å². The molecule has 2 N–H and O–H groups in total. The van der Waals surface area contributed by atoms with Crippen LogP contribution in [0.25, 0.3) is 0 Å². The first kappa shape index (κ1) is 16.9. The number of aliphatic hydroxyl groups is 1. The zero-order chi connectivity index (χ0) is 17.5. The van der Waals surface area contributed by atoms with Gasteiger partial charge in [0.05, 0.1) is 0 Å². The van der Waals surface area contributed by atoms with Crippen LogP contribution in [0.2, 0.25) is 0 Å². The molecule has 0 aliphatic heterocycles. The number of carbonyl (C=O) groups excluding carboxylic acids is 1. The van der Waals surface area contributed by atoms with E-state index in [1.54, 1.807) is 30.5 Å². The third kappa shape index (κ3) is 3.78. The highest BCUT2D eigenvalue weighted by Gasteiger charge is 2.39. The smallest absolute Gasteiger partial charge is 0.261 e. The molecule has 0 spiro atoms. The molecule has 25 heavy (non-hydrogen) atoms. The molecular weight excluding hydrogens is 314 g/mol. The Bertz CT molecular complexity index is 747. The van der Waals surface area contributed by atoms with Gasteiger partial charge in [-0.3, -0.25) is 9.48 Å². The zero-order valence-electron chi connectivity index (χ0n) is 13.9. The molecule has 0 bridgehead atoms. The van der Waals surface area contributed by atoms with E-state index in [0.717, 1.165) is 6.42 Å². The number of hydrogen-bond acceptors (Lipinski definition) is 3. The second kappa shape index (κ2) is 7.77. The van der Waals surface area contributed by atoms with Gasteiger partial charge in [-0.15, -0.1) is 0 Å². The van der Waals surface area contributed by atoms with Crippen molar-refractivity contribution in [2.45, 2.75) is 18.6 Å². The molecule has 1 heterocycles. The van der Waals surface area contributed by atoms with Gasteiger partial charge in [0, 0.05) is 25.5 Å². The molecule has 0 radical (unpaired) electrons. The fourth-order valence-electron chi connectivity index (χ4n) is 2.79. The van der Waals surface area contributed by atoms with E-state index in [0.29, 0.717) is 24.2 Å². The largest absolute Gasteiger partial charge is 0.372 e. The summed E-state index contributed by atoms with van der Waals surface area (Å²) in [6.07, 6.45) is 4.33. The predicted molar refractivity (Wildman–Crippen MR) is 95.7 cm³/mol. The van der Waals surface area contributed by atoms with Gasteiger partial charge in [-0.2, -0.15) is 5.10 Å². The summed E-state index contributed by atoms with van der Waals surface area (Å²) in [5.41, 5.74) is -0.620. The fourth-order valence-corrected chi connectivity index (χ4v) is 2.79. The van der Waals surface area contributed by atoms with Crippen LogP contribution < -0.4 is 5.32 Å². The summed E-state index contributed by atoms with van der Waals surface area (Å²) < 4.78 is 1.81. The van der Waals surface area contributed by atoms with E-state index in [1.807, 2.05) is 53.3 Å². The van der Waals surface area contributed by atoms with Crippen molar-refractivity contribution in [1.29, 1.82) is 0 Å². The molecule has 0 unspecified atom stereocenters. The van der Waals surface area contributed by atoms with Crippen molar-refractivity contribution in [3.63, 3.8) is 0 Å². The maximum Gasteiger partial charge on any atom is 0.261 e. The first-order valence-electron chi connectivity index (χ1n) is 8.30. The highest BCUT2D eigenvalue weighted by Crippen LogP contribution is 2.29. The van der Waals surface area contributed by atoms with Crippen LogP contribution in [-0.4, -0.2) is 27.3 Å². The Morgan fingerprint density at radius 3 is 2.12 bits per heavy atom. The lowest BCUT2D eigenvalue weighted by Gasteiger charge is -2.28. The topological polar surface area (TPSA) is 67.2 Å². The lowest BCUT2D eigenvalue weighted by atomic mass is 9.85. The summed E-state index contributed by atoms with van der Waals surface area (Å²) in [5.74, 6) is -0.426. The highest BCUT2D eigenvalue weighted by molar-refractivity contribution is 5.90. The van der Waals surface area contributed by atoms with E-state index < -0.39 is 11.5 Å². The van der Waals surface area contributed by atoms with Crippen molar-refractivity contribution < 1.29 is 9.90 Å². The van der Waals surface area contributed by atoms with Crippen molar-refractivity contribution in [3.05, 3.63) is 90.3 Å². The van der Waals surface area contributed by atoms with Crippen LogP contribution >= 0.6 is 0 Å². The quantitative estimate of drug-likeness (QED) is 0.651. The molecular formula is C20H21N3O2. The monoisotopic (exact) mass is 335 g/mol. The number of nitrogens with one attached hydrogen (secondary N) is 1. The van der Waals surface area contributed by atoms with Gasteiger partial charge in [0.15, 0.2) is 5.60 Å². The number of carbonyl (C=O) groups is 1. The van der Waals surface area contributed by atoms with Gasteiger partial charge < -0.3 is 10.4 Å². The standard InChI is InChI=1S/C20H21N3O2/c24-19(21-13-7-15-23-16-8-14-22-23)20(25,17-9-3-1-4-10-17)18-11-5-2-6-12-18/h1-6,8-12,14,16,25H,7,13,15H2,(H,21,24). The fraction of sp³-hybridized carbons (Fsp3) is 0.200. The molecule has 0 aliphatic rings. The van der Waals surface area contributed by atoms with Gasteiger partial charge >= 0.3 is 0 Å². The Morgan fingerprint density at radius 1 is 1.00 bits per heavy atom.